The van der Waals surface area contributed by atoms with Crippen molar-refractivity contribution < 1.29 is 23.9 Å². The van der Waals surface area contributed by atoms with E-state index in [1.807, 2.05) is 0 Å². The van der Waals surface area contributed by atoms with Crippen LogP contribution in [0.25, 0.3) is 0 Å². The van der Waals surface area contributed by atoms with Crippen molar-refractivity contribution in [2.24, 2.45) is 46.3 Å². The summed E-state index contributed by atoms with van der Waals surface area (Å²) in [7, 11) is 0. The third-order valence-corrected chi connectivity index (χ3v) is 10.1. The molecule has 4 rings (SSSR count). The van der Waals surface area contributed by atoms with Crippen molar-refractivity contribution in [1.82, 2.24) is 0 Å². The summed E-state index contributed by atoms with van der Waals surface area (Å²) >= 11 is 0. The lowest BCUT2D eigenvalue weighted by Crippen LogP contribution is -2.63. The van der Waals surface area contributed by atoms with Crippen LogP contribution in [0.3, 0.4) is 0 Å². The van der Waals surface area contributed by atoms with Gasteiger partial charge in [-0.3, -0.25) is 14.4 Å². The molecule has 0 amide bonds. The Morgan fingerprint density at radius 2 is 1.52 bits per heavy atom. The van der Waals surface area contributed by atoms with Gasteiger partial charge in [0.05, 0.1) is 0 Å². The van der Waals surface area contributed by atoms with Crippen molar-refractivity contribution in [3.05, 3.63) is 0 Å². The van der Waals surface area contributed by atoms with E-state index in [0.717, 1.165) is 25.7 Å². The standard InChI is InChI=1S/C26H40O5/c1-14-9-10-25(5)18(11-14)12-22(30-16(3)28)24-20-8-7-19(15(2)27)26(20,6)23(13-21(24)25)31-17(4)29/h14,18-24H,7-13H2,1-6H3/t14-,18+,19-,20+,21+,22-,23+,24+,25+,26-/m1/s1. The normalized spacial score (nSPS) is 48.7. The molecule has 0 spiro atoms. The van der Waals surface area contributed by atoms with Crippen molar-refractivity contribution in [2.45, 2.75) is 98.7 Å². The average molecular weight is 433 g/mol. The third-order valence-electron chi connectivity index (χ3n) is 10.1. The van der Waals surface area contributed by atoms with E-state index in [2.05, 4.69) is 20.8 Å². The maximum absolute atomic E-state index is 12.7. The zero-order valence-corrected chi connectivity index (χ0v) is 20.1. The Morgan fingerprint density at radius 1 is 0.839 bits per heavy atom. The first-order chi connectivity index (χ1) is 14.5. The van der Waals surface area contributed by atoms with Crippen LogP contribution in [0.1, 0.15) is 86.5 Å². The molecule has 10 atom stereocenters. The van der Waals surface area contributed by atoms with Crippen molar-refractivity contribution in [3.8, 4) is 0 Å². The molecule has 0 aliphatic heterocycles. The molecule has 5 heteroatoms. The molecule has 174 valence electrons. The van der Waals surface area contributed by atoms with Gasteiger partial charge in [-0.15, -0.1) is 0 Å². The number of hydrogen-bond acceptors (Lipinski definition) is 5. The third kappa shape index (κ3) is 3.54. The number of fused-ring (bicyclic) bond motifs is 5. The Bertz CT molecular complexity index is 761. The van der Waals surface area contributed by atoms with Crippen LogP contribution in [0.4, 0.5) is 0 Å². The highest BCUT2D eigenvalue weighted by Gasteiger charge is 2.67. The van der Waals surface area contributed by atoms with E-state index in [4.69, 9.17) is 9.47 Å². The Kier molecular flexibility index (Phi) is 5.79. The summed E-state index contributed by atoms with van der Waals surface area (Å²) in [6.07, 6.45) is 6.71. The van der Waals surface area contributed by atoms with Crippen LogP contribution < -0.4 is 0 Å². The fraction of sp³-hybridized carbons (Fsp3) is 0.885. The van der Waals surface area contributed by atoms with E-state index in [1.165, 1.54) is 33.1 Å². The zero-order chi connectivity index (χ0) is 22.7. The first kappa shape index (κ1) is 22.8. The maximum atomic E-state index is 12.7. The van der Waals surface area contributed by atoms with Crippen LogP contribution in [-0.2, 0) is 23.9 Å². The summed E-state index contributed by atoms with van der Waals surface area (Å²) in [6, 6.07) is 0. The lowest BCUT2D eigenvalue weighted by Gasteiger charge is -2.63. The largest absolute Gasteiger partial charge is 0.462 e. The van der Waals surface area contributed by atoms with Crippen LogP contribution in [0.5, 0.6) is 0 Å². The molecular formula is C26H40O5. The highest BCUT2D eigenvalue weighted by atomic mass is 16.5. The van der Waals surface area contributed by atoms with Gasteiger partial charge in [0, 0.05) is 31.1 Å². The average Bonchev–Trinajstić information content (AvgIpc) is 3.01. The van der Waals surface area contributed by atoms with Crippen LogP contribution in [0, 0.1) is 46.3 Å². The van der Waals surface area contributed by atoms with E-state index in [9.17, 15) is 14.4 Å². The highest BCUT2D eigenvalue weighted by molar-refractivity contribution is 5.80. The van der Waals surface area contributed by atoms with Crippen LogP contribution in [-0.4, -0.2) is 29.9 Å². The van der Waals surface area contributed by atoms with Crippen molar-refractivity contribution in [3.63, 3.8) is 0 Å². The minimum Gasteiger partial charge on any atom is -0.462 e. The molecule has 0 aromatic heterocycles. The number of carbonyl (C=O) groups excluding carboxylic acids is 3. The highest BCUT2D eigenvalue weighted by Crippen LogP contribution is 2.68. The Hall–Kier alpha value is -1.39. The molecule has 4 aliphatic carbocycles. The predicted octanol–water partition coefficient (Wildman–Crippen LogP) is 4.95. The second-order valence-corrected chi connectivity index (χ2v) is 11.7. The molecule has 4 aliphatic rings. The summed E-state index contributed by atoms with van der Waals surface area (Å²) in [5, 5.41) is 0. The van der Waals surface area contributed by atoms with Gasteiger partial charge in [0.25, 0.3) is 0 Å². The number of carbonyl (C=O) groups is 3. The molecule has 31 heavy (non-hydrogen) atoms. The summed E-state index contributed by atoms with van der Waals surface area (Å²) in [5.74, 6) is 1.65. The molecule has 0 radical (unpaired) electrons. The molecule has 0 aromatic carbocycles. The van der Waals surface area contributed by atoms with Gasteiger partial charge in [-0.1, -0.05) is 27.2 Å². The van der Waals surface area contributed by atoms with Crippen molar-refractivity contribution in [1.29, 1.82) is 0 Å². The molecule has 0 aromatic rings. The number of rotatable bonds is 3. The molecule has 0 heterocycles. The van der Waals surface area contributed by atoms with Gasteiger partial charge in [-0.2, -0.15) is 0 Å². The fourth-order valence-corrected chi connectivity index (χ4v) is 8.73. The van der Waals surface area contributed by atoms with E-state index in [0.29, 0.717) is 17.8 Å². The molecule has 0 bridgehead atoms. The minimum absolute atomic E-state index is 0.0980. The summed E-state index contributed by atoms with van der Waals surface area (Å²) in [5.41, 5.74) is -0.218. The lowest BCUT2D eigenvalue weighted by molar-refractivity contribution is -0.219. The van der Waals surface area contributed by atoms with E-state index < -0.39 is 0 Å². The molecule has 0 unspecified atom stereocenters. The number of esters is 2. The number of Topliss-reactive ketones (excluding diaryl/α,β-unsaturated/α-hetero) is 1. The zero-order valence-electron chi connectivity index (χ0n) is 20.1. The van der Waals surface area contributed by atoms with E-state index in [-0.39, 0.29) is 58.5 Å². The summed E-state index contributed by atoms with van der Waals surface area (Å²) in [6.45, 7) is 11.6. The van der Waals surface area contributed by atoms with Gasteiger partial charge in [-0.05, 0) is 74.5 Å². The predicted molar refractivity (Wildman–Crippen MR) is 117 cm³/mol. The van der Waals surface area contributed by atoms with Crippen molar-refractivity contribution in [2.75, 3.05) is 0 Å². The SMILES string of the molecule is CC(=O)O[C@H]1C[C@H]2[C@@H]([C@H](OC(C)=O)C[C@@H]3C[C@H](C)CC[C@@]32C)[C@@H]2CC[C@H](C(C)=O)[C@@]12C. The van der Waals surface area contributed by atoms with Gasteiger partial charge in [0.15, 0.2) is 0 Å². The van der Waals surface area contributed by atoms with Crippen molar-refractivity contribution >= 4 is 17.7 Å². The van der Waals surface area contributed by atoms with Gasteiger partial charge < -0.3 is 9.47 Å². The Labute approximate surface area is 187 Å². The van der Waals surface area contributed by atoms with Gasteiger partial charge in [0.1, 0.15) is 18.0 Å². The van der Waals surface area contributed by atoms with E-state index >= 15 is 0 Å². The monoisotopic (exact) mass is 432 g/mol. The first-order valence-corrected chi connectivity index (χ1v) is 12.3. The quantitative estimate of drug-likeness (QED) is 0.590. The Balaban J connectivity index is 1.79. The molecule has 0 N–H and O–H groups in total. The van der Waals surface area contributed by atoms with E-state index in [1.54, 1.807) is 6.92 Å². The fourth-order valence-electron chi connectivity index (χ4n) is 8.73. The van der Waals surface area contributed by atoms with Gasteiger partial charge in [-0.25, -0.2) is 0 Å². The smallest absolute Gasteiger partial charge is 0.302 e. The van der Waals surface area contributed by atoms with Gasteiger partial charge >= 0.3 is 11.9 Å². The lowest BCUT2D eigenvalue weighted by atomic mass is 9.43. The summed E-state index contributed by atoms with van der Waals surface area (Å²) < 4.78 is 12.0. The molecule has 5 nitrogen and oxygen atoms in total. The van der Waals surface area contributed by atoms with Crippen LogP contribution >= 0.6 is 0 Å². The Morgan fingerprint density at radius 3 is 2.13 bits per heavy atom. The number of ketones is 1. The second kappa shape index (κ2) is 7.88. The molecule has 0 saturated heterocycles. The second-order valence-electron chi connectivity index (χ2n) is 11.7. The number of hydrogen-bond donors (Lipinski definition) is 0. The minimum atomic E-state index is -0.387. The molecule has 4 saturated carbocycles. The van der Waals surface area contributed by atoms with Crippen LogP contribution in [0.2, 0.25) is 0 Å². The first-order valence-electron chi connectivity index (χ1n) is 12.3. The maximum Gasteiger partial charge on any atom is 0.302 e. The number of ether oxygens (including phenoxy) is 2. The van der Waals surface area contributed by atoms with Crippen LogP contribution in [0.15, 0.2) is 0 Å². The topological polar surface area (TPSA) is 69.7 Å². The van der Waals surface area contributed by atoms with Gasteiger partial charge in [0.2, 0.25) is 0 Å². The summed E-state index contributed by atoms with van der Waals surface area (Å²) in [4.78, 5) is 36.9. The molecular weight excluding hydrogens is 392 g/mol. The molecule has 4 fully saturated rings.